The predicted molar refractivity (Wildman–Crippen MR) is 53.3 cm³/mol. The molecule has 0 aliphatic carbocycles. The van der Waals surface area contributed by atoms with Crippen LogP contribution in [0.4, 0.5) is 5.82 Å². The third-order valence-corrected chi connectivity index (χ3v) is 2.45. The SMILES string of the molecule is Cc1[nH]nc(N2CCOCC2)c1C(=O)O. The number of hydrogen-bond acceptors (Lipinski definition) is 4. The number of aromatic nitrogens is 2. The van der Waals surface area contributed by atoms with Gasteiger partial charge in [0.25, 0.3) is 0 Å². The van der Waals surface area contributed by atoms with Crippen molar-refractivity contribution in [3.63, 3.8) is 0 Å². The van der Waals surface area contributed by atoms with Gasteiger partial charge >= 0.3 is 5.97 Å². The van der Waals surface area contributed by atoms with Gasteiger partial charge in [0.05, 0.1) is 13.2 Å². The normalized spacial score (nSPS) is 16.7. The Morgan fingerprint density at radius 1 is 1.53 bits per heavy atom. The van der Waals surface area contributed by atoms with Crippen molar-refractivity contribution in [1.29, 1.82) is 0 Å². The van der Waals surface area contributed by atoms with Gasteiger partial charge in [-0.1, -0.05) is 0 Å². The van der Waals surface area contributed by atoms with Crippen molar-refractivity contribution in [3.05, 3.63) is 11.3 Å². The van der Waals surface area contributed by atoms with Crippen LogP contribution in [0.25, 0.3) is 0 Å². The Hall–Kier alpha value is -1.56. The monoisotopic (exact) mass is 211 g/mol. The molecule has 2 N–H and O–H groups in total. The largest absolute Gasteiger partial charge is 0.477 e. The van der Waals surface area contributed by atoms with Crippen LogP contribution < -0.4 is 4.90 Å². The first-order valence-electron chi connectivity index (χ1n) is 4.81. The first-order valence-corrected chi connectivity index (χ1v) is 4.81. The maximum atomic E-state index is 11.0. The van der Waals surface area contributed by atoms with Crippen LogP contribution in [0.15, 0.2) is 0 Å². The van der Waals surface area contributed by atoms with E-state index in [0.717, 1.165) is 0 Å². The van der Waals surface area contributed by atoms with E-state index < -0.39 is 5.97 Å². The smallest absolute Gasteiger partial charge is 0.341 e. The summed E-state index contributed by atoms with van der Waals surface area (Å²) in [5.74, 6) is -0.425. The second kappa shape index (κ2) is 3.90. The van der Waals surface area contributed by atoms with Gasteiger partial charge in [-0.3, -0.25) is 5.10 Å². The number of ether oxygens (including phenoxy) is 1. The van der Waals surface area contributed by atoms with Gasteiger partial charge in [-0.2, -0.15) is 5.10 Å². The highest BCUT2D eigenvalue weighted by Crippen LogP contribution is 2.21. The van der Waals surface area contributed by atoms with Gasteiger partial charge in [0, 0.05) is 18.8 Å². The number of aromatic amines is 1. The van der Waals surface area contributed by atoms with Crippen molar-refractivity contribution in [1.82, 2.24) is 10.2 Å². The third kappa shape index (κ3) is 1.80. The first-order chi connectivity index (χ1) is 7.20. The fourth-order valence-corrected chi connectivity index (χ4v) is 1.68. The number of carbonyl (C=O) groups is 1. The van der Waals surface area contributed by atoms with Crippen molar-refractivity contribution in [2.24, 2.45) is 0 Å². The number of nitrogens with one attached hydrogen (secondary N) is 1. The van der Waals surface area contributed by atoms with Gasteiger partial charge in [0.15, 0.2) is 5.82 Å². The molecule has 0 radical (unpaired) electrons. The minimum absolute atomic E-state index is 0.261. The van der Waals surface area contributed by atoms with Gasteiger partial charge in [-0.25, -0.2) is 4.79 Å². The molecule has 0 atom stereocenters. The second-order valence-corrected chi connectivity index (χ2v) is 3.45. The van der Waals surface area contributed by atoms with Gasteiger partial charge < -0.3 is 14.7 Å². The summed E-state index contributed by atoms with van der Waals surface area (Å²) in [4.78, 5) is 13.0. The van der Waals surface area contributed by atoms with Crippen LogP contribution in [-0.4, -0.2) is 47.6 Å². The molecule has 0 amide bonds. The van der Waals surface area contributed by atoms with Crippen molar-refractivity contribution in [2.45, 2.75) is 6.92 Å². The number of carboxylic acids is 1. The molecule has 82 valence electrons. The molecule has 2 rings (SSSR count). The van der Waals surface area contributed by atoms with Crippen LogP contribution in [0.3, 0.4) is 0 Å². The molecule has 0 unspecified atom stereocenters. The molecule has 6 nitrogen and oxygen atoms in total. The van der Waals surface area contributed by atoms with Crippen LogP contribution in [0.5, 0.6) is 0 Å². The number of anilines is 1. The molecule has 2 heterocycles. The lowest BCUT2D eigenvalue weighted by molar-refractivity contribution is 0.0695. The van der Waals surface area contributed by atoms with E-state index in [1.54, 1.807) is 6.92 Å². The number of morpholine rings is 1. The molecule has 1 aromatic heterocycles. The average molecular weight is 211 g/mol. The maximum Gasteiger partial charge on any atom is 0.341 e. The second-order valence-electron chi connectivity index (χ2n) is 3.45. The lowest BCUT2D eigenvalue weighted by Crippen LogP contribution is -2.37. The number of aryl methyl sites for hydroxylation is 1. The average Bonchev–Trinajstić information content (AvgIpc) is 2.61. The summed E-state index contributed by atoms with van der Waals surface area (Å²) in [6, 6.07) is 0. The topological polar surface area (TPSA) is 78.5 Å². The molecule has 0 aromatic carbocycles. The maximum absolute atomic E-state index is 11.0. The number of nitrogens with zero attached hydrogens (tertiary/aromatic N) is 2. The molecular weight excluding hydrogens is 198 g/mol. The van der Waals surface area contributed by atoms with Crippen molar-refractivity contribution in [2.75, 3.05) is 31.2 Å². The highest BCUT2D eigenvalue weighted by atomic mass is 16.5. The first kappa shape index (κ1) is 9.97. The number of aromatic carboxylic acids is 1. The standard InChI is InChI=1S/C9H13N3O3/c1-6-7(9(13)14)8(11-10-6)12-2-4-15-5-3-12/h2-5H2,1H3,(H,10,11)(H,13,14). The van der Waals surface area contributed by atoms with E-state index in [-0.39, 0.29) is 5.56 Å². The highest BCUT2D eigenvalue weighted by Gasteiger charge is 2.23. The van der Waals surface area contributed by atoms with E-state index in [9.17, 15) is 4.79 Å². The lowest BCUT2D eigenvalue weighted by Gasteiger charge is -2.27. The zero-order valence-corrected chi connectivity index (χ0v) is 8.49. The molecule has 1 aliphatic rings. The Labute approximate surface area is 86.8 Å². The Balaban J connectivity index is 2.30. The van der Waals surface area contributed by atoms with E-state index >= 15 is 0 Å². The molecular formula is C9H13N3O3. The highest BCUT2D eigenvalue weighted by molar-refractivity contribution is 5.94. The molecule has 0 saturated carbocycles. The zero-order valence-electron chi connectivity index (χ0n) is 8.49. The van der Waals surface area contributed by atoms with Gasteiger partial charge in [0.2, 0.25) is 0 Å². The molecule has 6 heteroatoms. The molecule has 0 spiro atoms. The molecule has 1 saturated heterocycles. The minimum atomic E-state index is -0.942. The quantitative estimate of drug-likeness (QED) is 0.733. The fraction of sp³-hybridized carbons (Fsp3) is 0.556. The molecule has 0 bridgehead atoms. The molecule has 1 fully saturated rings. The summed E-state index contributed by atoms with van der Waals surface area (Å²) < 4.78 is 5.20. The molecule has 1 aliphatic heterocycles. The van der Waals surface area contributed by atoms with Crippen LogP contribution in [0.2, 0.25) is 0 Å². The van der Waals surface area contributed by atoms with Crippen molar-refractivity contribution < 1.29 is 14.6 Å². The Morgan fingerprint density at radius 2 is 2.20 bits per heavy atom. The number of carboxylic acid groups (broad SMARTS) is 1. The van der Waals surface area contributed by atoms with Gasteiger partial charge in [-0.15, -0.1) is 0 Å². The summed E-state index contributed by atoms with van der Waals surface area (Å²) in [5.41, 5.74) is 0.848. The zero-order chi connectivity index (χ0) is 10.8. The Morgan fingerprint density at radius 3 is 2.80 bits per heavy atom. The number of hydrogen-bond donors (Lipinski definition) is 2. The van der Waals surface area contributed by atoms with E-state index in [1.165, 1.54) is 0 Å². The molecule has 1 aromatic rings. The van der Waals surface area contributed by atoms with E-state index in [0.29, 0.717) is 37.8 Å². The summed E-state index contributed by atoms with van der Waals surface area (Å²) >= 11 is 0. The van der Waals surface area contributed by atoms with Crippen molar-refractivity contribution >= 4 is 11.8 Å². The van der Waals surface area contributed by atoms with Crippen LogP contribution in [0, 0.1) is 6.92 Å². The molecule has 15 heavy (non-hydrogen) atoms. The van der Waals surface area contributed by atoms with Crippen molar-refractivity contribution in [3.8, 4) is 0 Å². The summed E-state index contributed by atoms with van der Waals surface area (Å²) in [6.45, 7) is 4.31. The predicted octanol–water partition coefficient (Wildman–Crippen LogP) is 0.253. The minimum Gasteiger partial charge on any atom is -0.477 e. The van der Waals surface area contributed by atoms with Crippen LogP contribution >= 0.6 is 0 Å². The van der Waals surface area contributed by atoms with Gasteiger partial charge in [0.1, 0.15) is 5.56 Å². The summed E-state index contributed by atoms with van der Waals surface area (Å²) in [7, 11) is 0. The lowest BCUT2D eigenvalue weighted by atomic mass is 10.2. The fourth-order valence-electron chi connectivity index (χ4n) is 1.68. The summed E-state index contributed by atoms with van der Waals surface area (Å²) in [6.07, 6.45) is 0. The Kier molecular flexibility index (Phi) is 2.59. The van der Waals surface area contributed by atoms with Crippen LogP contribution in [0.1, 0.15) is 16.1 Å². The van der Waals surface area contributed by atoms with E-state index in [4.69, 9.17) is 9.84 Å². The number of H-pyrrole nitrogens is 1. The summed E-state index contributed by atoms with van der Waals surface area (Å²) in [5, 5.41) is 15.8. The van der Waals surface area contributed by atoms with E-state index in [1.807, 2.05) is 4.90 Å². The number of rotatable bonds is 2. The van der Waals surface area contributed by atoms with Gasteiger partial charge in [-0.05, 0) is 6.92 Å². The Bertz CT molecular complexity index is 369. The van der Waals surface area contributed by atoms with Crippen LogP contribution in [-0.2, 0) is 4.74 Å². The van der Waals surface area contributed by atoms with E-state index in [2.05, 4.69) is 10.2 Å². The third-order valence-electron chi connectivity index (χ3n) is 2.45.